The summed E-state index contributed by atoms with van der Waals surface area (Å²) in [5, 5.41) is 12.3. The standard InChI is InChI=1S/C11H11N3O3/c1-2-7-4-3-5-12-10(7)11-13-8(17-14-11)6-9(15)16/h3-5H,2,6H2,1H3,(H,15,16). The van der Waals surface area contributed by atoms with E-state index in [-0.39, 0.29) is 12.3 Å². The van der Waals surface area contributed by atoms with Gasteiger partial charge in [0.05, 0.1) is 0 Å². The van der Waals surface area contributed by atoms with E-state index in [1.165, 1.54) is 0 Å². The lowest BCUT2D eigenvalue weighted by Gasteiger charge is -2.00. The zero-order valence-electron chi connectivity index (χ0n) is 9.25. The van der Waals surface area contributed by atoms with E-state index < -0.39 is 5.97 Å². The molecule has 0 spiro atoms. The fraction of sp³-hybridized carbons (Fsp3) is 0.273. The molecule has 2 rings (SSSR count). The van der Waals surface area contributed by atoms with Gasteiger partial charge in [-0.1, -0.05) is 18.1 Å². The smallest absolute Gasteiger partial charge is 0.312 e. The van der Waals surface area contributed by atoms with Gasteiger partial charge in [-0.15, -0.1) is 0 Å². The molecule has 88 valence electrons. The van der Waals surface area contributed by atoms with Gasteiger partial charge in [-0.3, -0.25) is 9.78 Å². The third kappa shape index (κ3) is 2.47. The van der Waals surface area contributed by atoms with E-state index in [4.69, 9.17) is 9.63 Å². The summed E-state index contributed by atoms with van der Waals surface area (Å²) in [5.41, 5.74) is 1.63. The lowest BCUT2D eigenvalue weighted by molar-refractivity contribution is -0.136. The van der Waals surface area contributed by atoms with Crippen LogP contribution in [0.15, 0.2) is 22.9 Å². The molecule has 0 atom stereocenters. The van der Waals surface area contributed by atoms with Crippen LogP contribution < -0.4 is 0 Å². The summed E-state index contributed by atoms with van der Waals surface area (Å²) in [6.45, 7) is 2.00. The first-order valence-electron chi connectivity index (χ1n) is 5.19. The Balaban J connectivity index is 2.33. The Morgan fingerprint density at radius 1 is 1.53 bits per heavy atom. The summed E-state index contributed by atoms with van der Waals surface area (Å²) in [7, 11) is 0. The summed E-state index contributed by atoms with van der Waals surface area (Å²) in [6, 6.07) is 3.76. The number of nitrogens with zero attached hydrogens (tertiary/aromatic N) is 3. The third-order valence-corrected chi connectivity index (χ3v) is 2.25. The number of aliphatic carboxylic acids is 1. The van der Waals surface area contributed by atoms with Crippen LogP contribution in [-0.2, 0) is 17.6 Å². The van der Waals surface area contributed by atoms with E-state index in [9.17, 15) is 4.79 Å². The van der Waals surface area contributed by atoms with Crippen molar-refractivity contribution < 1.29 is 14.4 Å². The Bertz CT molecular complexity index is 536. The lowest BCUT2D eigenvalue weighted by Crippen LogP contribution is -2.00. The van der Waals surface area contributed by atoms with E-state index >= 15 is 0 Å². The molecule has 6 heteroatoms. The molecule has 2 aromatic rings. The van der Waals surface area contributed by atoms with Crippen LogP contribution in [0.1, 0.15) is 18.4 Å². The number of hydrogen-bond donors (Lipinski definition) is 1. The molecular weight excluding hydrogens is 222 g/mol. The Morgan fingerprint density at radius 3 is 3.06 bits per heavy atom. The summed E-state index contributed by atoms with van der Waals surface area (Å²) in [5.74, 6) is -0.587. The molecule has 2 aromatic heterocycles. The molecule has 17 heavy (non-hydrogen) atoms. The molecule has 6 nitrogen and oxygen atoms in total. The van der Waals surface area contributed by atoms with Crippen molar-refractivity contribution in [2.45, 2.75) is 19.8 Å². The Labute approximate surface area is 97.3 Å². The largest absolute Gasteiger partial charge is 0.481 e. The van der Waals surface area contributed by atoms with Gasteiger partial charge in [-0.25, -0.2) is 0 Å². The number of aryl methyl sites for hydroxylation is 1. The number of carbonyl (C=O) groups is 1. The molecule has 0 saturated carbocycles. The van der Waals surface area contributed by atoms with E-state index in [1.54, 1.807) is 6.20 Å². The van der Waals surface area contributed by atoms with Gasteiger partial charge in [0.2, 0.25) is 11.7 Å². The second kappa shape index (κ2) is 4.73. The molecule has 0 aromatic carbocycles. The first-order chi connectivity index (χ1) is 8.20. The van der Waals surface area contributed by atoms with Gasteiger partial charge in [0.1, 0.15) is 12.1 Å². The van der Waals surface area contributed by atoms with Gasteiger partial charge in [0.15, 0.2) is 0 Å². The van der Waals surface area contributed by atoms with Crippen LogP contribution in [0.4, 0.5) is 0 Å². The Morgan fingerprint density at radius 2 is 2.35 bits per heavy atom. The molecule has 0 radical (unpaired) electrons. The van der Waals surface area contributed by atoms with Crippen LogP contribution in [-0.4, -0.2) is 26.2 Å². The second-order valence-electron chi connectivity index (χ2n) is 3.45. The van der Waals surface area contributed by atoms with Gasteiger partial charge >= 0.3 is 5.97 Å². The van der Waals surface area contributed by atoms with Crippen molar-refractivity contribution >= 4 is 5.97 Å². The van der Waals surface area contributed by atoms with Gasteiger partial charge in [-0.2, -0.15) is 4.98 Å². The Kier molecular flexibility index (Phi) is 3.13. The molecule has 0 fully saturated rings. The molecule has 0 saturated heterocycles. The number of carboxylic acids is 1. The van der Waals surface area contributed by atoms with E-state index in [0.717, 1.165) is 12.0 Å². The van der Waals surface area contributed by atoms with Crippen LogP contribution >= 0.6 is 0 Å². The highest BCUT2D eigenvalue weighted by Crippen LogP contribution is 2.18. The molecular formula is C11H11N3O3. The maximum Gasteiger partial charge on any atom is 0.312 e. The second-order valence-corrected chi connectivity index (χ2v) is 3.45. The number of aromatic nitrogens is 3. The highest BCUT2D eigenvalue weighted by atomic mass is 16.5. The molecule has 0 unspecified atom stereocenters. The predicted molar refractivity (Wildman–Crippen MR) is 58.2 cm³/mol. The fourth-order valence-corrected chi connectivity index (χ4v) is 1.48. The van der Waals surface area contributed by atoms with Crippen LogP contribution in [0.3, 0.4) is 0 Å². The van der Waals surface area contributed by atoms with E-state index in [2.05, 4.69) is 15.1 Å². The van der Waals surface area contributed by atoms with Crippen LogP contribution in [0.2, 0.25) is 0 Å². The van der Waals surface area contributed by atoms with Crippen molar-refractivity contribution in [3.8, 4) is 11.5 Å². The average Bonchev–Trinajstić information content (AvgIpc) is 2.76. The van der Waals surface area contributed by atoms with E-state index in [1.807, 2.05) is 19.1 Å². The topological polar surface area (TPSA) is 89.1 Å². The predicted octanol–water partition coefficient (Wildman–Crippen LogP) is 1.32. The van der Waals surface area contributed by atoms with Crippen LogP contribution in [0, 0.1) is 0 Å². The molecule has 1 N–H and O–H groups in total. The minimum Gasteiger partial charge on any atom is -0.481 e. The molecule has 0 aliphatic rings. The normalized spacial score (nSPS) is 10.4. The highest BCUT2D eigenvalue weighted by molar-refractivity contribution is 5.69. The lowest BCUT2D eigenvalue weighted by atomic mass is 10.1. The molecule has 0 amide bonds. The zero-order chi connectivity index (χ0) is 12.3. The van der Waals surface area contributed by atoms with Crippen molar-refractivity contribution in [1.29, 1.82) is 0 Å². The van der Waals surface area contributed by atoms with Gasteiger partial charge in [0.25, 0.3) is 0 Å². The highest BCUT2D eigenvalue weighted by Gasteiger charge is 2.14. The van der Waals surface area contributed by atoms with Crippen molar-refractivity contribution in [1.82, 2.24) is 15.1 Å². The minimum absolute atomic E-state index is 0.0835. The van der Waals surface area contributed by atoms with Crippen molar-refractivity contribution in [3.63, 3.8) is 0 Å². The maximum absolute atomic E-state index is 10.5. The molecule has 0 bridgehead atoms. The molecule has 0 aliphatic heterocycles. The number of rotatable bonds is 4. The fourth-order valence-electron chi connectivity index (χ4n) is 1.48. The average molecular weight is 233 g/mol. The third-order valence-electron chi connectivity index (χ3n) is 2.25. The van der Waals surface area contributed by atoms with Gasteiger partial charge in [0, 0.05) is 6.20 Å². The van der Waals surface area contributed by atoms with Crippen LogP contribution in [0.5, 0.6) is 0 Å². The number of hydrogen-bond acceptors (Lipinski definition) is 5. The summed E-state index contributed by atoms with van der Waals surface area (Å²) >= 11 is 0. The van der Waals surface area contributed by atoms with Crippen molar-refractivity contribution in [2.75, 3.05) is 0 Å². The Hall–Kier alpha value is -2.24. The van der Waals surface area contributed by atoms with Gasteiger partial charge in [-0.05, 0) is 18.1 Å². The first-order valence-corrected chi connectivity index (χ1v) is 5.19. The molecule has 0 aliphatic carbocycles. The number of carboxylic acid groups (broad SMARTS) is 1. The summed E-state index contributed by atoms with van der Waals surface area (Å²) in [6.07, 6.45) is 2.16. The van der Waals surface area contributed by atoms with Crippen LogP contribution in [0.25, 0.3) is 11.5 Å². The quantitative estimate of drug-likeness (QED) is 0.856. The monoisotopic (exact) mass is 233 g/mol. The van der Waals surface area contributed by atoms with Crippen molar-refractivity contribution in [3.05, 3.63) is 29.8 Å². The van der Waals surface area contributed by atoms with E-state index in [0.29, 0.717) is 11.5 Å². The summed E-state index contributed by atoms with van der Waals surface area (Å²) < 4.78 is 4.85. The van der Waals surface area contributed by atoms with Gasteiger partial charge < -0.3 is 9.63 Å². The molecule has 2 heterocycles. The zero-order valence-corrected chi connectivity index (χ0v) is 9.25. The SMILES string of the molecule is CCc1cccnc1-c1noc(CC(=O)O)n1. The first kappa shape index (κ1) is 11.3. The summed E-state index contributed by atoms with van der Waals surface area (Å²) in [4.78, 5) is 18.7. The minimum atomic E-state index is -1.00. The van der Waals surface area contributed by atoms with Crippen molar-refractivity contribution in [2.24, 2.45) is 0 Å². The maximum atomic E-state index is 10.5. The number of pyridine rings is 1.